The number of hydrogen-bond donors (Lipinski definition) is 0. The Morgan fingerprint density at radius 3 is 2.75 bits per heavy atom. The first-order valence-corrected chi connectivity index (χ1v) is 10.4. The highest BCUT2D eigenvalue weighted by molar-refractivity contribution is 5.35. The maximum atomic E-state index is 13.7. The van der Waals surface area contributed by atoms with Crippen LogP contribution in [-0.4, -0.2) is 47.2 Å². The van der Waals surface area contributed by atoms with Crippen molar-refractivity contribution in [1.29, 1.82) is 0 Å². The zero-order chi connectivity index (χ0) is 18.9. The lowest BCUT2D eigenvalue weighted by molar-refractivity contribution is 0.0384. The van der Waals surface area contributed by atoms with Crippen molar-refractivity contribution in [3.05, 3.63) is 41.5 Å². The van der Waals surface area contributed by atoms with Gasteiger partial charge in [0.25, 0.3) is 0 Å². The van der Waals surface area contributed by atoms with Gasteiger partial charge in [-0.15, -0.1) is 10.2 Å². The molecule has 3 aliphatic rings. The number of nitrogens with zero attached hydrogens (tertiary/aromatic N) is 4. The Bertz CT molecular complexity index is 816. The van der Waals surface area contributed by atoms with Crippen LogP contribution in [0, 0.1) is 5.82 Å². The number of aromatic nitrogens is 3. The van der Waals surface area contributed by atoms with Crippen molar-refractivity contribution in [2.75, 3.05) is 31.2 Å². The molecule has 7 heteroatoms. The molecule has 6 nitrogen and oxygen atoms in total. The van der Waals surface area contributed by atoms with Crippen LogP contribution in [-0.2, 0) is 16.0 Å². The molecule has 0 N–H and O–H groups in total. The first-order chi connectivity index (χ1) is 13.8. The smallest absolute Gasteiger partial charge is 0.227 e. The van der Waals surface area contributed by atoms with E-state index in [0.29, 0.717) is 19.1 Å². The molecule has 2 atom stereocenters. The Balaban J connectivity index is 1.40. The van der Waals surface area contributed by atoms with Crippen LogP contribution in [0.5, 0.6) is 0 Å². The van der Waals surface area contributed by atoms with Gasteiger partial charge in [-0.1, -0.05) is 18.6 Å². The van der Waals surface area contributed by atoms with E-state index in [-0.39, 0.29) is 18.0 Å². The predicted molar refractivity (Wildman–Crippen MR) is 103 cm³/mol. The molecule has 0 bridgehead atoms. The van der Waals surface area contributed by atoms with Crippen LogP contribution in [0.15, 0.2) is 24.3 Å². The first-order valence-electron chi connectivity index (χ1n) is 10.4. The van der Waals surface area contributed by atoms with Crippen molar-refractivity contribution in [3.8, 4) is 0 Å². The minimum atomic E-state index is -0.230. The molecule has 5 rings (SSSR count). The molecule has 1 aliphatic carbocycles. The molecule has 2 aromatic rings. The van der Waals surface area contributed by atoms with Crippen molar-refractivity contribution >= 4 is 5.95 Å². The third-order valence-corrected chi connectivity index (χ3v) is 6.21. The standard InChI is InChI=1S/C21H27FN4O2/c22-17-7-2-6-16(12-17)19-14-25(9-11-28-19)21-24-23-20(15-4-1-5-15)26(21)13-18-8-3-10-27-18/h2,6-7,12,15,18-19H,1,3-5,8-11,13-14H2. The molecular formula is C21H27FN4O2. The lowest BCUT2D eigenvalue weighted by atomic mass is 9.85. The van der Waals surface area contributed by atoms with Crippen LogP contribution in [0.4, 0.5) is 10.3 Å². The molecule has 3 heterocycles. The highest BCUT2D eigenvalue weighted by Gasteiger charge is 2.32. The van der Waals surface area contributed by atoms with Gasteiger partial charge in [-0.3, -0.25) is 4.57 Å². The summed E-state index contributed by atoms with van der Waals surface area (Å²) in [5.74, 6) is 2.29. The summed E-state index contributed by atoms with van der Waals surface area (Å²) in [5.41, 5.74) is 0.870. The fraction of sp³-hybridized carbons (Fsp3) is 0.619. The minimum Gasteiger partial charge on any atom is -0.376 e. The normalized spacial score (nSPS) is 25.8. The van der Waals surface area contributed by atoms with E-state index >= 15 is 0 Å². The maximum Gasteiger partial charge on any atom is 0.227 e. The van der Waals surface area contributed by atoms with Crippen LogP contribution < -0.4 is 4.90 Å². The zero-order valence-electron chi connectivity index (χ0n) is 16.1. The fourth-order valence-electron chi connectivity index (χ4n) is 4.42. The van der Waals surface area contributed by atoms with E-state index in [1.54, 1.807) is 12.1 Å². The second kappa shape index (κ2) is 7.79. The molecule has 1 aromatic heterocycles. The van der Waals surface area contributed by atoms with Gasteiger partial charge in [0.05, 0.1) is 25.8 Å². The van der Waals surface area contributed by atoms with E-state index in [9.17, 15) is 4.39 Å². The summed E-state index contributed by atoms with van der Waals surface area (Å²) < 4.78 is 27.8. The van der Waals surface area contributed by atoms with Crippen molar-refractivity contribution < 1.29 is 13.9 Å². The molecule has 0 radical (unpaired) electrons. The Morgan fingerprint density at radius 2 is 2.00 bits per heavy atom. The van der Waals surface area contributed by atoms with Crippen molar-refractivity contribution in [2.45, 2.75) is 56.8 Å². The fourth-order valence-corrected chi connectivity index (χ4v) is 4.42. The molecule has 2 unspecified atom stereocenters. The molecule has 3 fully saturated rings. The third kappa shape index (κ3) is 3.53. The summed E-state index contributed by atoms with van der Waals surface area (Å²) in [6.45, 7) is 3.67. The summed E-state index contributed by atoms with van der Waals surface area (Å²) in [6, 6.07) is 6.69. The second-order valence-electron chi connectivity index (χ2n) is 8.09. The molecule has 2 aliphatic heterocycles. The van der Waals surface area contributed by atoms with E-state index in [1.165, 1.54) is 25.3 Å². The highest BCUT2D eigenvalue weighted by Crippen LogP contribution is 2.37. The van der Waals surface area contributed by atoms with Gasteiger partial charge in [-0.2, -0.15) is 0 Å². The van der Waals surface area contributed by atoms with Gasteiger partial charge >= 0.3 is 0 Å². The number of hydrogen-bond acceptors (Lipinski definition) is 5. The van der Waals surface area contributed by atoms with E-state index in [0.717, 1.165) is 49.9 Å². The average molecular weight is 386 g/mol. The lowest BCUT2D eigenvalue weighted by Gasteiger charge is -2.34. The largest absolute Gasteiger partial charge is 0.376 e. The molecule has 0 spiro atoms. The molecule has 1 aromatic carbocycles. The van der Waals surface area contributed by atoms with Crippen LogP contribution >= 0.6 is 0 Å². The summed E-state index contributed by atoms with van der Waals surface area (Å²) in [7, 11) is 0. The molecule has 2 saturated heterocycles. The van der Waals surface area contributed by atoms with E-state index in [2.05, 4.69) is 19.7 Å². The molecule has 150 valence electrons. The SMILES string of the molecule is Fc1cccc(C2CN(c3nnc(C4CCC4)n3CC3CCCO3)CCO2)c1. The zero-order valence-corrected chi connectivity index (χ0v) is 16.1. The van der Waals surface area contributed by atoms with Crippen molar-refractivity contribution in [2.24, 2.45) is 0 Å². The van der Waals surface area contributed by atoms with Gasteiger partial charge < -0.3 is 14.4 Å². The van der Waals surface area contributed by atoms with Gasteiger partial charge in [-0.05, 0) is 43.4 Å². The summed E-state index contributed by atoms with van der Waals surface area (Å²) in [4.78, 5) is 2.24. The first kappa shape index (κ1) is 18.1. The van der Waals surface area contributed by atoms with Gasteiger partial charge in [0.2, 0.25) is 5.95 Å². The lowest BCUT2D eigenvalue weighted by Crippen LogP contribution is -2.40. The quantitative estimate of drug-likeness (QED) is 0.788. The number of halogens is 1. The maximum absolute atomic E-state index is 13.7. The van der Waals surface area contributed by atoms with E-state index in [1.807, 2.05) is 6.07 Å². The molecular weight excluding hydrogens is 359 g/mol. The molecule has 28 heavy (non-hydrogen) atoms. The summed E-state index contributed by atoms with van der Waals surface area (Å²) in [6.07, 6.45) is 5.96. The van der Waals surface area contributed by atoms with Gasteiger partial charge in [0.1, 0.15) is 17.7 Å². The number of ether oxygens (including phenoxy) is 2. The number of rotatable bonds is 5. The molecule has 0 amide bonds. The van der Waals surface area contributed by atoms with E-state index in [4.69, 9.17) is 9.47 Å². The summed E-state index contributed by atoms with van der Waals surface area (Å²) in [5, 5.41) is 9.17. The Morgan fingerprint density at radius 1 is 1.07 bits per heavy atom. The number of anilines is 1. The topological polar surface area (TPSA) is 52.4 Å². The predicted octanol–water partition coefficient (Wildman–Crippen LogP) is 3.44. The van der Waals surface area contributed by atoms with Crippen LogP contribution in [0.1, 0.15) is 55.5 Å². The molecule has 1 saturated carbocycles. The van der Waals surface area contributed by atoms with Crippen molar-refractivity contribution in [1.82, 2.24) is 14.8 Å². The number of benzene rings is 1. The minimum absolute atomic E-state index is 0.163. The Kier molecular flexibility index (Phi) is 5.03. The van der Waals surface area contributed by atoms with E-state index < -0.39 is 0 Å². The van der Waals surface area contributed by atoms with Gasteiger partial charge in [-0.25, -0.2) is 4.39 Å². The van der Waals surface area contributed by atoms with Crippen LogP contribution in [0.2, 0.25) is 0 Å². The Labute approximate surface area is 164 Å². The van der Waals surface area contributed by atoms with Crippen LogP contribution in [0.25, 0.3) is 0 Å². The van der Waals surface area contributed by atoms with Crippen LogP contribution in [0.3, 0.4) is 0 Å². The van der Waals surface area contributed by atoms with Crippen molar-refractivity contribution in [3.63, 3.8) is 0 Å². The van der Waals surface area contributed by atoms with Gasteiger partial charge in [0.15, 0.2) is 0 Å². The summed E-state index contributed by atoms with van der Waals surface area (Å²) >= 11 is 0. The number of morpholine rings is 1. The average Bonchev–Trinajstić information content (AvgIpc) is 3.32. The third-order valence-electron chi connectivity index (χ3n) is 6.21. The second-order valence-corrected chi connectivity index (χ2v) is 8.09. The highest BCUT2D eigenvalue weighted by atomic mass is 19.1. The van der Waals surface area contributed by atoms with Gasteiger partial charge in [0, 0.05) is 19.1 Å². The Hall–Kier alpha value is -1.99. The monoisotopic (exact) mass is 386 g/mol.